The topological polar surface area (TPSA) is 85.9 Å². The first kappa shape index (κ1) is 29.0. The molecule has 7 nitrogen and oxygen atoms in total. The minimum absolute atomic E-state index is 0.155. The maximum Gasteiger partial charge on any atom is 0.267 e. The van der Waals surface area contributed by atoms with Crippen molar-refractivity contribution in [2.75, 3.05) is 26.9 Å². The maximum absolute atomic E-state index is 13.1. The number of hydrogen-bond donors (Lipinski definition) is 2. The molecule has 7 heteroatoms. The number of benzene rings is 4. The van der Waals surface area contributed by atoms with Gasteiger partial charge in [-0.3, -0.25) is 9.59 Å². The third kappa shape index (κ3) is 9.00. The zero-order valence-corrected chi connectivity index (χ0v) is 23.3. The first-order chi connectivity index (χ1) is 20.0. The van der Waals surface area contributed by atoms with Gasteiger partial charge < -0.3 is 24.8 Å². The number of aryl methyl sites for hydroxylation is 1. The molecule has 0 unspecified atom stereocenters. The second-order valence-electron chi connectivity index (χ2n) is 9.29. The van der Waals surface area contributed by atoms with Crippen LogP contribution in [0, 0.1) is 6.92 Å². The first-order valence-corrected chi connectivity index (χ1v) is 13.4. The molecule has 0 bridgehead atoms. The molecule has 4 aromatic carbocycles. The van der Waals surface area contributed by atoms with Crippen LogP contribution in [0.2, 0.25) is 0 Å². The summed E-state index contributed by atoms with van der Waals surface area (Å²) in [6.45, 7) is 3.08. The van der Waals surface area contributed by atoms with Gasteiger partial charge in [0.25, 0.3) is 11.8 Å². The van der Waals surface area contributed by atoms with E-state index < -0.39 is 0 Å². The van der Waals surface area contributed by atoms with Crippen molar-refractivity contribution in [1.82, 2.24) is 10.6 Å². The van der Waals surface area contributed by atoms with Crippen molar-refractivity contribution in [1.29, 1.82) is 0 Å². The van der Waals surface area contributed by atoms with E-state index in [9.17, 15) is 9.59 Å². The summed E-state index contributed by atoms with van der Waals surface area (Å²) in [6, 6.07) is 31.8. The average Bonchev–Trinajstić information content (AvgIpc) is 3.00. The van der Waals surface area contributed by atoms with Crippen molar-refractivity contribution in [3.8, 4) is 17.2 Å². The second kappa shape index (κ2) is 14.9. The van der Waals surface area contributed by atoms with Crippen LogP contribution in [0.15, 0.2) is 109 Å². The summed E-state index contributed by atoms with van der Waals surface area (Å²) in [4.78, 5) is 26.0. The van der Waals surface area contributed by atoms with Crippen molar-refractivity contribution in [2.45, 2.75) is 13.3 Å². The lowest BCUT2D eigenvalue weighted by molar-refractivity contribution is -0.117. The molecule has 0 aliphatic heterocycles. The van der Waals surface area contributed by atoms with Gasteiger partial charge in [0.1, 0.15) is 24.7 Å². The van der Waals surface area contributed by atoms with E-state index in [0.29, 0.717) is 49.0 Å². The van der Waals surface area contributed by atoms with Crippen molar-refractivity contribution in [3.63, 3.8) is 0 Å². The predicted molar refractivity (Wildman–Crippen MR) is 160 cm³/mol. The molecule has 41 heavy (non-hydrogen) atoms. The fourth-order valence-corrected chi connectivity index (χ4v) is 3.99. The van der Waals surface area contributed by atoms with Crippen LogP contribution < -0.4 is 24.8 Å². The van der Waals surface area contributed by atoms with Gasteiger partial charge >= 0.3 is 0 Å². The van der Waals surface area contributed by atoms with Crippen LogP contribution in [0.3, 0.4) is 0 Å². The highest BCUT2D eigenvalue weighted by atomic mass is 16.5. The van der Waals surface area contributed by atoms with Crippen LogP contribution in [0.5, 0.6) is 17.2 Å². The molecule has 0 fully saturated rings. The second-order valence-corrected chi connectivity index (χ2v) is 9.29. The van der Waals surface area contributed by atoms with Crippen molar-refractivity contribution in [2.24, 2.45) is 0 Å². The Kier molecular flexibility index (Phi) is 10.5. The zero-order valence-electron chi connectivity index (χ0n) is 23.3. The fraction of sp³-hybridized carbons (Fsp3) is 0.176. The van der Waals surface area contributed by atoms with Crippen LogP contribution in [0.1, 0.15) is 27.0 Å². The number of carbonyl (C=O) groups is 2. The van der Waals surface area contributed by atoms with E-state index in [-0.39, 0.29) is 17.5 Å². The van der Waals surface area contributed by atoms with Crippen LogP contribution in [-0.4, -0.2) is 38.7 Å². The Labute approximate surface area is 240 Å². The van der Waals surface area contributed by atoms with Gasteiger partial charge in [0.15, 0.2) is 11.5 Å². The van der Waals surface area contributed by atoms with Crippen molar-refractivity contribution in [3.05, 3.63) is 131 Å². The third-order valence-corrected chi connectivity index (χ3v) is 6.22. The summed E-state index contributed by atoms with van der Waals surface area (Å²) in [5.41, 5.74) is 3.52. The van der Waals surface area contributed by atoms with Gasteiger partial charge in [-0.2, -0.15) is 0 Å². The van der Waals surface area contributed by atoms with Gasteiger partial charge in [-0.25, -0.2) is 0 Å². The summed E-state index contributed by atoms with van der Waals surface area (Å²) in [6.07, 6.45) is 2.33. The fourth-order valence-electron chi connectivity index (χ4n) is 3.99. The molecule has 2 amide bonds. The number of nitrogens with one attached hydrogen (secondary N) is 2. The summed E-state index contributed by atoms with van der Waals surface area (Å²) in [5.74, 6) is 1.25. The molecule has 0 spiro atoms. The van der Waals surface area contributed by atoms with E-state index in [2.05, 4.69) is 10.6 Å². The molecule has 0 atom stereocenters. The van der Waals surface area contributed by atoms with E-state index in [4.69, 9.17) is 14.2 Å². The molecule has 0 aliphatic carbocycles. The standard InChI is InChI=1S/C34H34N2O5/c1-25-12-16-28(17-13-25)33(37)36-30(34(38)35-21-20-26-8-4-3-5-9-26)24-27-14-18-29(19-15-27)40-22-23-41-32-11-7-6-10-31(32)39-2/h3-19,24H,20-23H2,1-2H3,(H,35,38)(H,36,37)/b30-24+. The van der Waals surface area contributed by atoms with E-state index in [1.54, 1.807) is 25.3 Å². The Hall–Kier alpha value is -5.04. The highest BCUT2D eigenvalue weighted by molar-refractivity contribution is 6.05. The predicted octanol–water partition coefficient (Wildman–Crippen LogP) is 5.59. The van der Waals surface area contributed by atoms with E-state index in [1.807, 2.05) is 97.9 Å². The highest BCUT2D eigenvalue weighted by Crippen LogP contribution is 2.25. The average molecular weight is 551 g/mol. The molecule has 210 valence electrons. The number of carbonyl (C=O) groups excluding carboxylic acids is 2. The molecule has 0 aliphatic rings. The molecule has 0 saturated carbocycles. The lowest BCUT2D eigenvalue weighted by Gasteiger charge is -2.12. The van der Waals surface area contributed by atoms with Crippen molar-refractivity contribution < 1.29 is 23.8 Å². The van der Waals surface area contributed by atoms with E-state index >= 15 is 0 Å². The van der Waals surface area contributed by atoms with Crippen LogP contribution >= 0.6 is 0 Å². The number of rotatable bonds is 13. The summed E-state index contributed by atoms with van der Waals surface area (Å²) >= 11 is 0. The normalized spacial score (nSPS) is 10.9. The maximum atomic E-state index is 13.1. The summed E-state index contributed by atoms with van der Waals surface area (Å²) < 4.78 is 16.8. The first-order valence-electron chi connectivity index (χ1n) is 13.4. The van der Waals surface area contributed by atoms with Crippen molar-refractivity contribution >= 4 is 17.9 Å². The van der Waals surface area contributed by atoms with Gasteiger partial charge in [-0.05, 0) is 66.9 Å². The number of hydrogen-bond acceptors (Lipinski definition) is 5. The van der Waals surface area contributed by atoms with Crippen LogP contribution in [0.4, 0.5) is 0 Å². The molecule has 0 radical (unpaired) electrons. The van der Waals surface area contributed by atoms with Gasteiger partial charge in [0.2, 0.25) is 0 Å². The number of amides is 2. The lowest BCUT2D eigenvalue weighted by atomic mass is 10.1. The zero-order chi connectivity index (χ0) is 28.9. The largest absolute Gasteiger partial charge is 0.493 e. The monoisotopic (exact) mass is 550 g/mol. The number of para-hydroxylation sites is 2. The van der Waals surface area contributed by atoms with Gasteiger partial charge in [0.05, 0.1) is 7.11 Å². The minimum atomic E-state index is -0.366. The van der Waals surface area contributed by atoms with E-state index in [1.165, 1.54) is 0 Å². The van der Waals surface area contributed by atoms with Gasteiger partial charge in [-0.15, -0.1) is 0 Å². The highest BCUT2D eigenvalue weighted by Gasteiger charge is 2.15. The molecular formula is C34H34N2O5. The number of methoxy groups -OCH3 is 1. The molecular weight excluding hydrogens is 516 g/mol. The molecule has 0 saturated heterocycles. The Balaban J connectivity index is 1.38. The Morgan fingerprint density at radius 1 is 0.756 bits per heavy atom. The van der Waals surface area contributed by atoms with Gasteiger partial charge in [0, 0.05) is 12.1 Å². The lowest BCUT2D eigenvalue weighted by Crippen LogP contribution is -2.35. The molecule has 0 heterocycles. The summed E-state index contributed by atoms with van der Waals surface area (Å²) in [5, 5.41) is 5.70. The SMILES string of the molecule is COc1ccccc1OCCOc1ccc(/C=C(/NC(=O)c2ccc(C)cc2)C(=O)NCCc2ccccc2)cc1. The van der Waals surface area contributed by atoms with Gasteiger partial charge in [-0.1, -0.05) is 72.3 Å². The molecule has 4 aromatic rings. The number of ether oxygens (including phenoxy) is 3. The third-order valence-electron chi connectivity index (χ3n) is 6.22. The molecule has 0 aromatic heterocycles. The summed E-state index contributed by atoms with van der Waals surface area (Å²) in [7, 11) is 1.60. The van der Waals surface area contributed by atoms with Crippen LogP contribution in [-0.2, 0) is 11.2 Å². The Morgan fingerprint density at radius 3 is 2.12 bits per heavy atom. The minimum Gasteiger partial charge on any atom is -0.493 e. The molecule has 4 rings (SSSR count). The quantitative estimate of drug-likeness (QED) is 0.167. The molecule has 2 N–H and O–H groups in total. The Morgan fingerprint density at radius 2 is 1.41 bits per heavy atom. The van der Waals surface area contributed by atoms with Crippen LogP contribution in [0.25, 0.3) is 6.08 Å². The Bertz CT molecular complexity index is 1450. The van der Waals surface area contributed by atoms with E-state index in [0.717, 1.165) is 16.7 Å². The smallest absolute Gasteiger partial charge is 0.267 e.